The van der Waals surface area contributed by atoms with Crippen LogP contribution >= 0.6 is 0 Å². The van der Waals surface area contributed by atoms with Crippen LogP contribution in [-0.4, -0.2) is 48.8 Å². The number of fused-ring (bicyclic) bond motifs is 1. The summed E-state index contributed by atoms with van der Waals surface area (Å²) in [4.78, 5) is 30.2. The van der Waals surface area contributed by atoms with Crippen LogP contribution in [-0.2, 0) is 22.1 Å². The van der Waals surface area contributed by atoms with E-state index in [1.165, 1.54) is 38.5 Å². The molecule has 0 aliphatic heterocycles. The van der Waals surface area contributed by atoms with Crippen molar-refractivity contribution in [3.05, 3.63) is 95.2 Å². The van der Waals surface area contributed by atoms with Gasteiger partial charge >= 0.3 is 12.1 Å². The molecular formula is C29H25F3N2O5. The van der Waals surface area contributed by atoms with Gasteiger partial charge in [-0.05, 0) is 65.6 Å². The molecule has 0 radical (unpaired) electrons. The third-order valence-electron chi connectivity index (χ3n) is 6.09. The lowest BCUT2D eigenvalue weighted by molar-refractivity contribution is -0.137. The molecule has 2 N–H and O–H groups in total. The molecule has 0 aliphatic rings. The van der Waals surface area contributed by atoms with Gasteiger partial charge in [0.2, 0.25) is 0 Å². The molecule has 7 nitrogen and oxygen atoms in total. The Bertz CT molecular complexity index is 1500. The number of carbonyl (C=O) groups is 2. The SMILES string of the molecule is COC[C@H](Cc1ccc(O)cc1)NC(=O)c1cc(C(=O)OC)c2cc(-c3cccc(C(F)(F)F)c3)ccc2n1. The molecule has 1 atom stereocenters. The minimum Gasteiger partial charge on any atom is -0.508 e. The summed E-state index contributed by atoms with van der Waals surface area (Å²) >= 11 is 0. The van der Waals surface area contributed by atoms with Crippen molar-refractivity contribution >= 4 is 22.8 Å². The summed E-state index contributed by atoms with van der Waals surface area (Å²) in [6.07, 6.45) is -4.09. The number of hydrogen-bond donors (Lipinski definition) is 2. The lowest BCUT2D eigenvalue weighted by Crippen LogP contribution is -2.40. The number of phenolic OH excluding ortho intramolecular Hbond substituents is 1. The predicted octanol–water partition coefficient (Wildman–Crippen LogP) is 5.40. The van der Waals surface area contributed by atoms with Gasteiger partial charge in [-0.2, -0.15) is 13.2 Å². The number of pyridine rings is 1. The van der Waals surface area contributed by atoms with Gasteiger partial charge in [0.15, 0.2) is 0 Å². The largest absolute Gasteiger partial charge is 0.508 e. The Balaban J connectivity index is 1.68. The average molecular weight is 539 g/mol. The van der Waals surface area contributed by atoms with Gasteiger partial charge in [0.25, 0.3) is 5.91 Å². The molecule has 0 aliphatic carbocycles. The molecule has 0 unspecified atom stereocenters. The van der Waals surface area contributed by atoms with Gasteiger partial charge in [0, 0.05) is 12.5 Å². The smallest absolute Gasteiger partial charge is 0.416 e. The van der Waals surface area contributed by atoms with Crippen LogP contribution in [0.25, 0.3) is 22.0 Å². The summed E-state index contributed by atoms with van der Waals surface area (Å²) in [5, 5.41) is 12.7. The van der Waals surface area contributed by atoms with Gasteiger partial charge < -0.3 is 19.9 Å². The molecule has 1 aromatic heterocycles. The Morgan fingerprint density at radius 2 is 1.69 bits per heavy atom. The van der Waals surface area contributed by atoms with Crippen molar-refractivity contribution in [3.8, 4) is 16.9 Å². The molecule has 39 heavy (non-hydrogen) atoms. The number of carbonyl (C=O) groups excluding carboxylic acids is 2. The van der Waals surface area contributed by atoms with E-state index >= 15 is 0 Å². The van der Waals surface area contributed by atoms with Crippen molar-refractivity contribution in [2.45, 2.75) is 18.6 Å². The number of rotatable bonds is 8. The first-order valence-electron chi connectivity index (χ1n) is 11.9. The summed E-state index contributed by atoms with van der Waals surface area (Å²) in [5.41, 5.74) is 1.11. The highest BCUT2D eigenvalue weighted by atomic mass is 19.4. The van der Waals surface area contributed by atoms with Crippen molar-refractivity contribution in [2.24, 2.45) is 0 Å². The number of phenols is 1. The van der Waals surface area contributed by atoms with Crippen LogP contribution in [0, 0.1) is 0 Å². The van der Waals surface area contributed by atoms with Crippen LogP contribution in [0.3, 0.4) is 0 Å². The summed E-state index contributed by atoms with van der Waals surface area (Å²) < 4.78 is 49.8. The molecule has 3 aromatic carbocycles. The van der Waals surface area contributed by atoms with Gasteiger partial charge in [-0.25, -0.2) is 9.78 Å². The van der Waals surface area contributed by atoms with Crippen LogP contribution in [0.5, 0.6) is 5.75 Å². The number of halogens is 3. The fraction of sp³-hybridized carbons (Fsp3) is 0.207. The summed E-state index contributed by atoms with van der Waals surface area (Å²) in [5.74, 6) is -1.15. The monoisotopic (exact) mass is 538 g/mol. The second-order valence-corrected chi connectivity index (χ2v) is 8.85. The average Bonchev–Trinajstić information content (AvgIpc) is 2.92. The lowest BCUT2D eigenvalue weighted by Gasteiger charge is -2.18. The van der Waals surface area contributed by atoms with Gasteiger partial charge in [0.05, 0.1) is 36.4 Å². The zero-order valence-electron chi connectivity index (χ0n) is 21.1. The van der Waals surface area contributed by atoms with Crippen molar-refractivity contribution < 1.29 is 37.3 Å². The number of aromatic nitrogens is 1. The van der Waals surface area contributed by atoms with Crippen molar-refractivity contribution in [1.29, 1.82) is 0 Å². The first-order chi connectivity index (χ1) is 18.6. The molecule has 1 amide bonds. The van der Waals surface area contributed by atoms with Crippen LogP contribution in [0.4, 0.5) is 13.2 Å². The van der Waals surface area contributed by atoms with E-state index in [2.05, 4.69) is 10.3 Å². The maximum absolute atomic E-state index is 13.2. The number of aromatic hydroxyl groups is 1. The standard InChI is InChI=1S/C29H25F3N2O5/c1-38-16-21(12-17-6-9-22(35)10-7-17)33-27(36)26-15-24(28(37)39-2)23-14-19(8-11-25(23)34-26)18-4-3-5-20(13-18)29(30,31)32/h3-11,13-15,21,35H,12,16H2,1-2H3,(H,33,36)/t21-/m0/s1. The topological polar surface area (TPSA) is 97.8 Å². The molecule has 10 heteroatoms. The Kier molecular flexibility index (Phi) is 8.15. The molecule has 0 saturated carbocycles. The van der Waals surface area contributed by atoms with E-state index in [-0.39, 0.29) is 23.6 Å². The van der Waals surface area contributed by atoms with Crippen molar-refractivity contribution in [3.63, 3.8) is 0 Å². The number of hydrogen-bond acceptors (Lipinski definition) is 6. The van der Waals surface area contributed by atoms with E-state index in [9.17, 15) is 27.9 Å². The van der Waals surface area contributed by atoms with Gasteiger partial charge in [-0.3, -0.25) is 4.79 Å². The number of nitrogens with one attached hydrogen (secondary N) is 1. The van der Waals surface area contributed by atoms with E-state index in [4.69, 9.17) is 9.47 Å². The second-order valence-electron chi connectivity index (χ2n) is 8.85. The highest BCUT2D eigenvalue weighted by molar-refractivity contribution is 6.07. The Hall–Kier alpha value is -4.44. The van der Waals surface area contributed by atoms with Gasteiger partial charge in [-0.1, -0.05) is 30.3 Å². The van der Waals surface area contributed by atoms with Gasteiger partial charge in [0.1, 0.15) is 11.4 Å². The van der Waals surface area contributed by atoms with E-state index in [0.29, 0.717) is 28.5 Å². The van der Waals surface area contributed by atoms with E-state index < -0.39 is 29.7 Å². The normalized spacial score (nSPS) is 12.2. The molecule has 4 rings (SSSR count). The lowest BCUT2D eigenvalue weighted by atomic mass is 9.98. The number of amides is 1. The minimum absolute atomic E-state index is 0.0403. The summed E-state index contributed by atoms with van der Waals surface area (Å²) in [6.45, 7) is 0.199. The van der Waals surface area contributed by atoms with Crippen molar-refractivity contribution in [1.82, 2.24) is 10.3 Å². The summed E-state index contributed by atoms with van der Waals surface area (Å²) in [6, 6.07) is 16.9. The molecule has 0 bridgehead atoms. The predicted molar refractivity (Wildman–Crippen MR) is 138 cm³/mol. The van der Waals surface area contributed by atoms with Crippen LogP contribution < -0.4 is 5.32 Å². The molecule has 202 valence electrons. The fourth-order valence-electron chi connectivity index (χ4n) is 4.20. The molecule has 0 spiro atoms. The molecule has 4 aromatic rings. The maximum atomic E-state index is 13.2. The van der Waals surface area contributed by atoms with E-state index in [1.807, 2.05) is 0 Å². The Morgan fingerprint density at radius 3 is 2.36 bits per heavy atom. The third kappa shape index (κ3) is 6.53. The highest BCUT2D eigenvalue weighted by Gasteiger charge is 2.30. The quantitative estimate of drug-likeness (QED) is 0.292. The van der Waals surface area contributed by atoms with Crippen LogP contribution in [0.2, 0.25) is 0 Å². The molecule has 1 heterocycles. The molecule has 0 saturated heterocycles. The molecular weight excluding hydrogens is 513 g/mol. The number of nitrogens with zero attached hydrogens (tertiary/aromatic N) is 1. The zero-order valence-corrected chi connectivity index (χ0v) is 21.1. The Labute approximate surface area is 222 Å². The Morgan fingerprint density at radius 1 is 0.974 bits per heavy atom. The third-order valence-corrected chi connectivity index (χ3v) is 6.09. The minimum atomic E-state index is -4.50. The fourth-order valence-corrected chi connectivity index (χ4v) is 4.20. The first kappa shape index (κ1) is 27.6. The molecule has 0 fully saturated rings. The van der Waals surface area contributed by atoms with E-state index in [0.717, 1.165) is 17.7 Å². The number of ether oxygens (including phenoxy) is 2. The number of methoxy groups -OCH3 is 2. The van der Waals surface area contributed by atoms with Crippen molar-refractivity contribution in [2.75, 3.05) is 20.8 Å². The zero-order chi connectivity index (χ0) is 28.2. The number of esters is 1. The maximum Gasteiger partial charge on any atom is 0.416 e. The number of alkyl halides is 3. The number of benzene rings is 3. The van der Waals surface area contributed by atoms with Crippen LogP contribution in [0.15, 0.2) is 72.8 Å². The second kappa shape index (κ2) is 11.5. The highest BCUT2D eigenvalue weighted by Crippen LogP contribution is 2.33. The van der Waals surface area contributed by atoms with Crippen LogP contribution in [0.1, 0.15) is 32.0 Å². The van der Waals surface area contributed by atoms with E-state index in [1.54, 1.807) is 36.4 Å². The first-order valence-corrected chi connectivity index (χ1v) is 11.9. The summed E-state index contributed by atoms with van der Waals surface area (Å²) in [7, 11) is 2.69. The van der Waals surface area contributed by atoms with Gasteiger partial charge in [-0.15, -0.1) is 0 Å².